The minimum absolute atomic E-state index is 0.0387. The lowest BCUT2D eigenvalue weighted by atomic mass is 10.0. The fourth-order valence-electron chi connectivity index (χ4n) is 1.85. The first kappa shape index (κ1) is 16.4. The van der Waals surface area contributed by atoms with Crippen LogP contribution in [0.3, 0.4) is 0 Å². The molecule has 0 aliphatic rings. The molecule has 0 aromatic heterocycles. The molecular formula is C14H29NO2. The highest BCUT2D eigenvalue weighted by Gasteiger charge is 2.12. The van der Waals surface area contributed by atoms with Gasteiger partial charge in [0.05, 0.1) is 13.0 Å². The second-order valence-corrected chi connectivity index (χ2v) is 4.85. The lowest BCUT2D eigenvalue weighted by Gasteiger charge is -2.15. The average Bonchev–Trinajstić information content (AvgIpc) is 2.29. The molecule has 0 heterocycles. The molecule has 3 nitrogen and oxygen atoms in total. The molecular weight excluding hydrogens is 214 g/mol. The molecule has 0 aromatic carbocycles. The molecule has 0 aliphatic carbocycles. The van der Waals surface area contributed by atoms with Gasteiger partial charge in [-0.05, 0) is 18.8 Å². The molecule has 0 rings (SSSR count). The van der Waals surface area contributed by atoms with Crippen molar-refractivity contribution in [2.24, 2.45) is 11.7 Å². The Labute approximate surface area is 106 Å². The molecule has 0 saturated carbocycles. The zero-order valence-corrected chi connectivity index (χ0v) is 11.7. The highest BCUT2D eigenvalue weighted by atomic mass is 16.5. The number of carbonyl (C=O) groups excluding carboxylic acids is 1. The number of hydrogen-bond donors (Lipinski definition) is 1. The summed E-state index contributed by atoms with van der Waals surface area (Å²) in [5, 5.41) is 0. The molecule has 0 spiro atoms. The maximum atomic E-state index is 11.5. The van der Waals surface area contributed by atoms with E-state index in [0.29, 0.717) is 18.9 Å². The largest absolute Gasteiger partial charge is 0.465 e. The highest BCUT2D eigenvalue weighted by Crippen LogP contribution is 2.13. The van der Waals surface area contributed by atoms with E-state index in [0.717, 1.165) is 25.7 Å². The number of nitrogens with two attached hydrogens (primary N) is 1. The Morgan fingerprint density at radius 1 is 1.18 bits per heavy atom. The summed E-state index contributed by atoms with van der Waals surface area (Å²) < 4.78 is 5.29. The van der Waals surface area contributed by atoms with Crippen LogP contribution >= 0.6 is 0 Å². The first-order valence-electron chi connectivity index (χ1n) is 7.05. The van der Waals surface area contributed by atoms with E-state index in [1.54, 1.807) is 0 Å². The lowest BCUT2D eigenvalue weighted by molar-refractivity contribution is -0.145. The van der Waals surface area contributed by atoms with Crippen molar-refractivity contribution in [3.8, 4) is 0 Å². The van der Waals surface area contributed by atoms with Gasteiger partial charge in [0.15, 0.2) is 0 Å². The van der Waals surface area contributed by atoms with Crippen molar-refractivity contribution in [2.75, 3.05) is 6.61 Å². The van der Waals surface area contributed by atoms with Gasteiger partial charge in [-0.3, -0.25) is 4.79 Å². The predicted octanol–water partition coefficient (Wildman–Crippen LogP) is 3.26. The van der Waals surface area contributed by atoms with Crippen LogP contribution in [0.5, 0.6) is 0 Å². The zero-order chi connectivity index (χ0) is 13.1. The van der Waals surface area contributed by atoms with Gasteiger partial charge in [-0.25, -0.2) is 0 Å². The van der Waals surface area contributed by atoms with Crippen molar-refractivity contribution >= 4 is 5.97 Å². The van der Waals surface area contributed by atoms with Crippen molar-refractivity contribution in [3.05, 3.63) is 0 Å². The van der Waals surface area contributed by atoms with Crippen LogP contribution in [-0.4, -0.2) is 18.6 Å². The lowest BCUT2D eigenvalue weighted by Crippen LogP contribution is -2.25. The minimum Gasteiger partial charge on any atom is -0.465 e. The summed E-state index contributed by atoms with van der Waals surface area (Å²) in [6.45, 7) is 6.97. The molecule has 0 bridgehead atoms. The second-order valence-electron chi connectivity index (χ2n) is 4.85. The monoisotopic (exact) mass is 243 g/mol. The normalized spacial score (nSPS) is 14.4. The van der Waals surface area contributed by atoms with Crippen LogP contribution in [0.1, 0.15) is 65.7 Å². The van der Waals surface area contributed by atoms with Gasteiger partial charge in [0, 0.05) is 6.04 Å². The fraction of sp³-hybridized carbons (Fsp3) is 0.929. The number of carbonyl (C=O) groups is 1. The Bertz CT molecular complexity index is 195. The molecule has 0 saturated heterocycles. The van der Waals surface area contributed by atoms with Gasteiger partial charge in [-0.1, -0.05) is 46.5 Å². The fourth-order valence-corrected chi connectivity index (χ4v) is 1.85. The molecule has 0 aliphatic heterocycles. The van der Waals surface area contributed by atoms with Crippen LogP contribution in [0.2, 0.25) is 0 Å². The van der Waals surface area contributed by atoms with Crippen LogP contribution in [0, 0.1) is 5.92 Å². The SMILES string of the molecule is CCCCC(CC)COC(=O)CC(N)CCC. The first-order valence-corrected chi connectivity index (χ1v) is 7.05. The molecule has 3 heteroatoms. The van der Waals surface area contributed by atoms with Gasteiger partial charge in [0.2, 0.25) is 0 Å². The van der Waals surface area contributed by atoms with E-state index in [4.69, 9.17) is 10.5 Å². The summed E-state index contributed by atoms with van der Waals surface area (Å²) in [5.41, 5.74) is 5.80. The molecule has 2 atom stereocenters. The van der Waals surface area contributed by atoms with Crippen LogP contribution in [-0.2, 0) is 9.53 Å². The maximum Gasteiger partial charge on any atom is 0.307 e. The minimum atomic E-state index is -0.138. The Kier molecular flexibility index (Phi) is 10.2. The summed E-state index contributed by atoms with van der Waals surface area (Å²) in [4.78, 5) is 11.5. The van der Waals surface area contributed by atoms with Crippen LogP contribution in [0.15, 0.2) is 0 Å². The number of esters is 1. The van der Waals surface area contributed by atoms with Gasteiger partial charge in [0.25, 0.3) is 0 Å². The van der Waals surface area contributed by atoms with Gasteiger partial charge in [-0.15, -0.1) is 0 Å². The van der Waals surface area contributed by atoms with Crippen molar-refractivity contribution in [2.45, 2.75) is 71.8 Å². The van der Waals surface area contributed by atoms with Gasteiger partial charge in [-0.2, -0.15) is 0 Å². The number of rotatable bonds is 10. The summed E-state index contributed by atoms with van der Waals surface area (Å²) in [7, 11) is 0. The van der Waals surface area contributed by atoms with Crippen molar-refractivity contribution < 1.29 is 9.53 Å². The van der Waals surface area contributed by atoms with E-state index in [2.05, 4.69) is 20.8 Å². The van der Waals surface area contributed by atoms with E-state index in [9.17, 15) is 4.79 Å². The molecule has 2 N–H and O–H groups in total. The summed E-state index contributed by atoms with van der Waals surface area (Å²) in [6.07, 6.45) is 6.91. The first-order chi connectivity index (χ1) is 8.13. The summed E-state index contributed by atoms with van der Waals surface area (Å²) >= 11 is 0. The predicted molar refractivity (Wildman–Crippen MR) is 71.8 cm³/mol. The third-order valence-corrected chi connectivity index (χ3v) is 3.11. The maximum absolute atomic E-state index is 11.5. The quantitative estimate of drug-likeness (QED) is 0.599. The summed E-state index contributed by atoms with van der Waals surface area (Å²) in [5.74, 6) is 0.377. The molecule has 0 radical (unpaired) electrons. The molecule has 0 fully saturated rings. The summed E-state index contributed by atoms with van der Waals surface area (Å²) in [6, 6.07) is -0.0387. The second kappa shape index (κ2) is 10.6. The van der Waals surface area contributed by atoms with E-state index < -0.39 is 0 Å². The molecule has 17 heavy (non-hydrogen) atoms. The molecule has 0 amide bonds. The number of hydrogen-bond acceptors (Lipinski definition) is 3. The Morgan fingerprint density at radius 3 is 2.41 bits per heavy atom. The average molecular weight is 243 g/mol. The molecule has 102 valence electrons. The van der Waals surface area contributed by atoms with Crippen LogP contribution < -0.4 is 5.73 Å². The standard InChI is InChI=1S/C14H29NO2/c1-4-7-9-12(6-3)11-17-14(16)10-13(15)8-5-2/h12-13H,4-11,15H2,1-3H3. The van der Waals surface area contributed by atoms with Gasteiger partial charge < -0.3 is 10.5 Å². The van der Waals surface area contributed by atoms with Gasteiger partial charge in [0.1, 0.15) is 0 Å². The van der Waals surface area contributed by atoms with E-state index in [1.165, 1.54) is 12.8 Å². The Morgan fingerprint density at radius 2 is 1.88 bits per heavy atom. The van der Waals surface area contributed by atoms with Crippen LogP contribution in [0.4, 0.5) is 0 Å². The Hall–Kier alpha value is -0.570. The topological polar surface area (TPSA) is 52.3 Å². The van der Waals surface area contributed by atoms with Crippen molar-refractivity contribution in [1.82, 2.24) is 0 Å². The molecule has 2 unspecified atom stereocenters. The van der Waals surface area contributed by atoms with E-state index >= 15 is 0 Å². The van der Waals surface area contributed by atoms with Crippen molar-refractivity contribution in [1.29, 1.82) is 0 Å². The third kappa shape index (κ3) is 9.16. The van der Waals surface area contributed by atoms with E-state index in [-0.39, 0.29) is 12.0 Å². The van der Waals surface area contributed by atoms with Crippen LogP contribution in [0.25, 0.3) is 0 Å². The third-order valence-electron chi connectivity index (χ3n) is 3.11. The van der Waals surface area contributed by atoms with E-state index in [1.807, 2.05) is 0 Å². The highest BCUT2D eigenvalue weighted by molar-refractivity contribution is 5.70. The smallest absolute Gasteiger partial charge is 0.307 e. The zero-order valence-electron chi connectivity index (χ0n) is 11.7. The number of ether oxygens (including phenoxy) is 1. The molecule has 0 aromatic rings. The Balaban J connectivity index is 3.72. The van der Waals surface area contributed by atoms with Crippen molar-refractivity contribution in [3.63, 3.8) is 0 Å². The number of unbranched alkanes of at least 4 members (excludes halogenated alkanes) is 1. The van der Waals surface area contributed by atoms with Gasteiger partial charge >= 0.3 is 5.97 Å².